The topological polar surface area (TPSA) is 24.1 Å². The van der Waals surface area contributed by atoms with Crippen molar-refractivity contribution in [2.75, 3.05) is 6.54 Å². The van der Waals surface area contributed by atoms with Gasteiger partial charge in [-0.2, -0.15) is 0 Å². The van der Waals surface area contributed by atoms with Crippen molar-refractivity contribution in [1.29, 1.82) is 0 Å². The second-order valence-corrected chi connectivity index (χ2v) is 4.69. The second kappa shape index (κ2) is 6.87. The molecule has 0 saturated carbocycles. The van der Waals surface area contributed by atoms with E-state index in [0.717, 1.165) is 0 Å². The van der Waals surface area contributed by atoms with E-state index >= 15 is 0 Å². The third-order valence-electron chi connectivity index (χ3n) is 3.08. The quantitative estimate of drug-likeness (QED) is 0.690. The standard InChI is InChI=1S/C13H24N2/c1-4-11(2)15-12(3)10-13-8-6-5-7-9-14-13/h1,11-15H,5-10H2,2-3H3. The highest BCUT2D eigenvalue weighted by molar-refractivity contribution is 4.96. The molecule has 1 rings (SSSR count). The minimum Gasteiger partial charge on any atom is -0.314 e. The van der Waals surface area contributed by atoms with Crippen LogP contribution in [0.2, 0.25) is 0 Å². The van der Waals surface area contributed by atoms with Gasteiger partial charge in [0.2, 0.25) is 0 Å². The number of rotatable bonds is 4. The zero-order valence-corrected chi connectivity index (χ0v) is 10.1. The Morgan fingerprint density at radius 3 is 2.93 bits per heavy atom. The maximum absolute atomic E-state index is 5.35. The summed E-state index contributed by atoms with van der Waals surface area (Å²) in [5.74, 6) is 2.71. The summed E-state index contributed by atoms with van der Waals surface area (Å²) in [5, 5.41) is 7.03. The van der Waals surface area contributed by atoms with Gasteiger partial charge in [0.25, 0.3) is 0 Å². The van der Waals surface area contributed by atoms with Crippen LogP contribution < -0.4 is 10.6 Å². The lowest BCUT2D eigenvalue weighted by Gasteiger charge is -2.22. The molecule has 1 aliphatic rings. The van der Waals surface area contributed by atoms with Crippen LogP contribution in [0.4, 0.5) is 0 Å². The van der Waals surface area contributed by atoms with E-state index in [1.807, 2.05) is 6.92 Å². The van der Waals surface area contributed by atoms with Gasteiger partial charge in [0, 0.05) is 12.1 Å². The predicted octanol–water partition coefficient (Wildman–Crippen LogP) is 1.91. The molecule has 0 radical (unpaired) electrons. The summed E-state index contributed by atoms with van der Waals surface area (Å²) < 4.78 is 0. The monoisotopic (exact) mass is 208 g/mol. The van der Waals surface area contributed by atoms with Gasteiger partial charge in [0.05, 0.1) is 6.04 Å². The van der Waals surface area contributed by atoms with Crippen molar-refractivity contribution >= 4 is 0 Å². The smallest absolute Gasteiger partial charge is 0.0660 e. The zero-order chi connectivity index (χ0) is 11.1. The summed E-state index contributed by atoms with van der Waals surface area (Å²) >= 11 is 0. The van der Waals surface area contributed by atoms with Crippen LogP contribution in [0.15, 0.2) is 0 Å². The first-order valence-corrected chi connectivity index (χ1v) is 6.18. The molecule has 15 heavy (non-hydrogen) atoms. The minimum absolute atomic E-state index is 0.186. The van der Waals surface area contributed by atoms with E-state index in [9.17, 15) is 0 Å². The van der Waals surface area contributed by atoms with E-state index < -0.39 is 0 Å². The van der Waals surface area contributed by atoms with Crippen LogP contribution in [0.5, 0.6) is 0 Å². The number of hydrogen-bond donors (Lipinski definition) is 2. The van der Waals surface area contributed by atoms with Crippen molar-refractivity contribution in [3.8, 4) is 12.3 Å². The van der Waals surface area contributed by atoms with Crippen LogP contribution in [0.25, 0.3) is 0 Å². The Morgan fingerprint density at radius 1 is 1.40 bits per heavy atom. The summed E-state index contributed by atoms with van der Waals surface area (Å²) in [4.78, 5) is 0. The fourth-order valence-electron chi connectivity index (χ4n) is 2.27. The van der Waals surface area contributed by atoms with E-state index in [0.29, 0.717) is 12.1 Å². The first-order valence-electron chi connectivity index (χ1n) is 6.18. The average Bonchev–Trinajstić information content (AvgIpc) is 2.46. The van der Waals surface area contributed by atoms with Crippen molar-refractivity contribution in [2.24, 2.45) is 0 Å². The minimum atomic E-state index is 0.186. The summed E-state index contributed by atoms with van der Waals surface area (Å²) in [6.45, 7) is 5.44. The molecule has 1 fully saturated rings. The van der Waals surface area contributed by atoms with Crippen molar-refractivity contribution < 1.29 is 0 Å². The zero-order valence-electron chi connectivity index (χ0n) is 10.1. The molecule has 1 saturated heterocycles. The summed E-state index contributed by atoms with van der Waals surface area (Å²) in [7, 11) is 0. The van der Waals surface area contributed by atoms with Gasteiger partial charge in [0.1, 0.15) is 0 Å². The third-order valence-corrected chi connectivity index (χ3v) is 3.08. The number of terminal acetylenes is 1. The SMILES string of the molecule is C#CC(C)NC(C)CC1CCCCCN1. The normalized spacial score (nSPS) is 26.3. The van der Waals surface area contributed by atoms with E-state index in [4.69, 9.17) is 6.42 Å². The lowest BCUT2D eigenvalue weighted by molar-refractivity contribution is 0.396. The molecule has 0 aliphatic carbocycles. The highest BCUT2D eigenvalue weighted by Crippen LogP contribution is 2.12. The van der Waals surface area contributed by atoms with E-state index in [2.05, 4.69) is 23.5 Å². The molecular weight excluding hydrogens is 184 g/mol. The molecule has 0 bridgehead atoms. The Balaban J connectivity index is 2.23. The molecule has 3 unspecified atom stereocenters. The molecule has 86 valence electrons. The maximum Gasteiger partial charge on any atom is 0.0660 e. The molecule has 0 aromatic rings. The first-order chi connectivity index (χ1) is 7.22. The first kappa shape index (κ1) is 12.5. The molecule has 3 atom stereocenters. The Labute approximate surface area is 94.2 Å². The largest absolute Gasteiger partial charge is 0.314 e. The van der Waals surface area contributed by atoms with Crippen molar-refractivity contribution in [1.82, 2.24) is 10.6 Å². The van der Waals surface area contributed by atoms with Gasteiger partial charge in [-0.05, 0) is 39.7 Å². The highest BCUT2D eigenvalue weighted by Gasteiger charge is 2.15. The van der Waals surface area contributed by atoms with Crippen LogP contribution >= 0.6 is 0 Å². The van der Waals surface area contributed by atoms with Crippen LogP contribution in [-0.2, 0) is 0 Å². The van der Waals surface area contributed by atoms with Crippen LogP contribution in [0.1, 0.15) is 46.0 Å². The molecule has 1 aliphatic heterocycles. The summed E-state index contributed by atoms with van der Waals surface area (Å²) in [5.41, 5.74) is 0. The van der Waals surface area contributed by atoms with E-state index in [1.165, 1.54) is 38.6 Å². The van der Waals surface area contributed by atoms with Crippen molar-refractivity contribution in [3.05, 3.63) is 0 Å². The molecule has 0 amide bonds. The van der Waals surface area contributed by atoms with Gasteiger partial charge >= 0.3 is 0 Å². The van der Waals surface area contributed by atoms with E-state index in [-0.39, 0.29) is 6.04 Å². The molecule has 0 aromatic carbocycles. The molecule has 0 spiro atoms. The van der Waals surface area contributed by atoms with Gasteiger partial charge in [-0.1, -0.05) is 18.8 Å². The maximum atomic E-state index is 5.35. The lowest BCUT2D eigenvalue weighted by Crippen LogP contribution is -2.39. The van der Waals surface area contributed by atoms with Gasteiger partial charge in [0.15, 0.2) is 0 Å². The van der Waals surface area contributed by atoms with Gasteiger partial charge in [-0.3, -0.25) is 0 Å². The third kappa shape index (κ3) is 5.20. The summed E-state index contributed by atoms with van der Waals surface area (Å²) in [6, 6.07) is 1.37. The van der Waals surface area contributed by atoms with Crippen LogP contribution in [0, 0.1) is 12.3 Å². The molecule has 0 aromatic heterocycles. The second-order valence-electron chi connectivity index (χ2n) is 4.69. The van der Waals surface area contributed by atoms with Crippen LogP contribution in [0.3, 0.4) is 0 Å². The Kier molecular flexibility index (Phi) is 5.75. The predicted molar refractivity (Wildman–Crippen MR) is 65.8 cm³/mol. The van der Waals surface area contributed by atoms with Crippen LogP contribution in [-0.4, -0.2) is 24.7 Å². The molecule has 2 heteroatoms. The lowest BCUT2D eigenvalue weighted by atomic mass is 10.0. The summed E-state index contributed by atoms with van der Waals surface area (Å²) in [6.07, 6.45) is 11.9. The fraction of sp³-hybridized carbons (Fsp3) is 0.846. The molecule has 2 nitrogen and oxygen atoms in total. The molecule has 2 N–H and O–H groups in total. The number of nitrogens with one attached hydrogen (secondary N) is 2. The van der Waals surface area contributed by atoms with Gasteiger partial charge in [-0.15, -0.1) is 6.42 Å². The fourth-order valence-corrected chi connectivity index (χ4v) is 2.27. The van der Waals surface area contributed by atoms with E-state index in [1.54, 1.807) is 0 Å². The number of hydrogen-bond acceptors (Lipinski definition) is 2. The Hall–Kier alpha value is -0.520. The van der Waals surface area contributed by atoms with Crippen molar-refractivity contribution in [3.63, 3.8) is 0 Å². The highest BCUT2D eigenvalue weighted by atomic mass is 15.0. The average molecular weight is 208 g/mol. The molecule has 1 heterocycles. The van der Waals surface area contributed by atoms with Crippen molar-refractivity contribution in [2.45, 2.75) is 64.1 Å². The Morgan fingerprint density at radius 2 is 2.20 bits per heavy atom. The van der Waals surface area contributed by atoms with Gasteiger partial charge in [-0.25, -0.2) is 0 Å². The molecular formula is C13H24N2. The van der Waals surface area contributed by atoms with Gasteiger partial charge < -0.3 is 10.6 Å². The Bertz CT molecular complexity index is 199.